The zero-order valence-electron chi connectivity index (χ0n) is 16.1. The van der Waals surface area contributed by atoms with Crippen LogP contribution in [0.1, 0.15) is 11.1 Å². The molecule has 1 aliphatic rings. The van der Waals surface area contributed by atoms with E-state index >= 15 is 0 Å². The summed E-state index contributed by atoms with van der Waals surface area (Å²) in [5.41, 5.74) is 2.07. The Hall–Kier alpha value is -3.91. The Labute approximate surface area is 182 Å². The highest BCUT2D eigenvalue weighted by atomic mass is 32.2. The second-order valence-corrected chi connectivity index (χ2v) is 7.63. The number of hydrogen-bond acceptors (Lipinski definition) is 6. The van der Waals surface area contributed by atoms with Crippen LogP contribution in [0.15, 0.2) is 83.8 Å². The number of amides is 2. The molecule has 3 aromatic carbocycles. The van der Waals surface area contributed by atoms with E-state index in [1.54, 1.807) is 60.7 Å². The van der Waals surface area contributed by atoms with Gasteiger partial charge in [-0.3, -0.25) is 19.7 Å². The molecule has 2 amide bonds. The van der Waals surface area contributed by atoms with Crippen LogP contribution in [0.2, 0.25) is 0 Å². The van der Waals surface area contributed by atoms with Gasteiger partial charge in [0.05, 0.1) is 15.5 Å². The van der Waals surface area contributed by atoms with Gasteiger partial charge in [0.25, 0.3) is 16.8 Å². The van der Waals surface area contributed by atoms with Gasteiger partial charge in [-0.15, -0.1) is 0 Å². The summed E-state index contributed by atoms with van der Waals surface area (Å²) in [5, 5.41) is 10.4. The number of non-ortho nitro benzene ring substituents is 1. The first kappa shape index (κ1) is 20.4. The smallest absolute Gasteiger partial charge is 0.298 e. The van der Waals surface area contributed by atoms with Crippen LogP contribution >= 0.6 is 11.8 Å². The number of nitrogens with zero attached hydrogens (tertiary/aromatic N) is 2. The molecule has 0 aliphatic carbocycles. The largest absolute Gasteiger partial charge is 0.489 e. The Morgan fingerprint density at radius 2 is 1.71 bits per heavy atom. The number of nitro groups is 1. The summed E-state index contributed by atoms with van der Waals surface area (Å²) < 4.78 is 5.77. The van der Waals surface area contributed by atoms with Gasteiger partial charge in [-0.05, 0) is 65.4 Å². The number of rotatable bonds is 6. The minimum Gasteiger partial charge on any atom is -0.489 e. The summed E-state index contributed by atoms with van der Waals surface area (Å²) in [4.78, 5) is 36.8. The van der Waals surface area contributed by atoms with Crippen molar-refractivity contribution < 1.29 is 19.2 Å². The number of carbonyl (C=O) groups excluding carboxylic acids is 2. The Morgan fingerprint density at radius 1 is 0.968 bits per heavy atom. The van der Waals surface area contributed by atoms with Crippen LogP contribution in [0.5, 0.6) is 5.75 Å². The average Bonchev–Trinajstić information content (AvgIpc) is 3.06. The van der Waals surface area contributed by atoms with E-state index in [0.717, 1.165) is 27.8 Å². The van der Waals surface area contributed by atoms with Crippen molar-refractivity contribution in [3.05, 3.63) is 105 Å². The molecule has 8 heteroatoms. The molecule has 0 N–H and O–H groups in total. The normalized spacial score (nSPS) is 14.8. The number of ether oxygens (including phenoxy) is 1. The fourth-order valence-corrected chi connectivity index (χ4v) is 3.83. The first-order valence-corrected chi connectivity index (χ1v) is 10.1. The lowest BCUT2D eigenvalue weighted by Gasteiger charge is -2.11. The first-order valence-electron chi connectivity index (χ1n) is 9.30. The molecule has 7 nitrogen and oxygen atoms in total. The Bertz CT molecular complexity index is 1180. The van der Waals surface area contributed by atoms with Crippen LogP contribution in [0, 0.1) is 10.1 Å². The van der Waals surface area contributed by atoms with E-state index in [0.29, 0.717) is 16.3 Å². The summed E-state index contributed by atoms with van der Waals surface area (Å²) in [6.45, 7) is 0.242. The van der Waals surface area contributed by atoms with Crippen molar-refractivity contribution in [2.45, 2.75) is 6.61 Å². The molecule has 1 saturated heterocycles. The first-order chi connectivity index (χ1) is 15.0. The van der Waals surface area contributed by atoms with Gasteiger partial charge >= 0.3 is 0 Å². The van der Waals surface area contributed by atoms with Crippen LogP contribution < -0.4 is 9.64 Å². The minimum absolute atomic E-state index is 0.0233. The van der Waals surface area contributed by atoms with Gasteiger partial charge in [0.2, 0.25) is 0 Å². The number of carbonyl (C=O) groups is 2. The Kier molecular flexibility index (Phi) is 5.81. The monoisotopic (exact) mass is 432 g/mol. The zero-order chi connectivity index (χ0) is 21.8. The van der Waals surface area contributed by atoms with Crippen molar-refractivity contribution in [2.75, 3.05) is 4.90 Å². The molecule has 3 aromatic rings. The second kappa shape index (κ2) is 8.85. The van der Waals surface area contributed by atoms with Crippen LogP contribution in [-0.2, 0) is 11.4 Å². The maximum absolute atomic E-state index is 12.7. The van der Waals surface area contributed by atoms with Gasteiger partial charge in [0.1, 0.15) is 12.4 Å². The molecule has 1 aliphatic heterocycles. The van der Waals surface area contributed by atoms with E-state index in [-0.39, 0.29) is 23.4 Å². The van der Waals surface area contributed by atoms with E-state index in [9.17, 15) is 19.7 Å². The van der Waals surface area contributed by atoms with E-state index < -0.39 is 4.92 Å². The molecule has 0 spiro atoms. The molecule has 154 valence electrons. The highest BCUT2D eigenvalue weighted by Crippen LogP contribution is 2.35. The number of thioether (sulfide) groups is 1. The zero-order valence-corrected chi connectivity index (χ0v) is 17.0. The fourth-order valence-electron chi connectivity index (χ4n) is 2.99. The molecule has 4 rings (SSSR count). The lowest BCUT2D eigenvalue weighted by Crippen LogP contribution is -2.27. The average molecular weight is 432 g/mol. The van der Waals surface area contributed by atoms with E-state index in [2.05, 4.69) is 0 Å². The molecular weight excluding hydrogens is 416 g/mol. The van der Waals surface area contributed by atoms with Gasteiger partial charge < -0.3 is 4.74 Å². The third kappa shape index (κ3) is 4.65. The quantitative estimate of drug-likeness (QED) is 0.294. The molecular formula is C23H16N2O5S. The maximum atomic E-state index is 12.7. The van der Waals surface area contributed by atoms with Crippen molar-refractivity contribution in [3.63, 3.8) is 0 Å². The van der Waals surface area contributed by atoms with Crippen molar-refractivity contribution in [1.82, 2.24) is 0 Å². The Morgan fingerprint density at radius 3 is 2.42 bits per heavy atom. The van der Waals surface area contributed by atoms with E-state index in [1.807, 2.05) is 12.1 Å². The van der Waals surface area contributed by atoms with E-state index in [1.165, 1.54) is 12.1 Å². The predicted molar refractivity (Wildman–Crippen MR) is 119 cm³/mol. The lowest BCUT2D eigenvalue weighted by molar-refractivity contribution is -0.384. The number of imide groups is 1. The van der Waals surface area contributed by atoms with E-state index in [4.69, 9.17) is 4.74 Å². The van der Waals surface area contributed by atoms with Crippen molar-refractivity contribution >= 4 is 40.4 Å². The molecule has 0 aromatic heterocycles. The van der Waals surface area contributed by atoms with Gasteiger partial charge in [-0.25, -0.2) is 4.90 Å². The number of para-hydroxylation sites is 1. The SMILES string of the molecule is O=C1S/C(=C\c2cccc(OCc3ccc([N+](=O)[O-])cc3)c2)C(=O)N1c1ccccc1. The summed E-state index contributed by atoms with van der Waals surface area (Å²) in [6, 6.07) is 22.1. The molecule has 0 saturated carbocycles. The number of nitro benzene ring substituents is 1. The third-order valence-corrected chi connectivity index (χ3v) is 5.39. The summed E-state index contributed by atoms with van der Waals surface area (Å²) in [5.74, 6) is 0.216. The molecule has 0 bridgehead atoms. The summed E-state index contributed by atoms with van der Waals surface area (Å²) >= 11 is 0.894. The van der Waals surface area contributed by atoms with Crippen molar-refractivity contribution in [1.29, 1.82) is 0 Å². The van der Waals surface area contributed by atoms with Gasteiger partial charge in [0.15, 0.2) is 0 Å². The maximum Gasteiger partial charge on any atom is 0.298 e. The van der Waals surface area contributed by atoms with Crippen LogP contribution in [0.25, 0.3) is 6.08 Å². The summed E-state index contributed by atoms with van der Waals surface area (Å²) in [7, 11) is 0. The standard InChI is InChI=1S/C23H16N2O5S/c26-22-21(31-23(27)24(22)18-6-2-1-3-7-18)14-17-5-4-8-20(13-17)30-15-16-9-11-19(12-10-16)25(28)29/h1-14H,15H2/b21-14-. The predicted octanol–water partition coefficient (Wildman–Crippen LogP) is 5.41. The molecule has 31 heavy (non-hydrogen) atoms. The van der Waals surface area contributed by atoms with Crippen molar-refractivity contribution in [3.8, 4) is 5.75 Å². The molecule has 0 unspecified atom stereocenters. The number of anilines is 1. The molecule has 1 heterocycles. The number of hydrogen-bond donors (Lipinski definition) is 0. The molecule has 1 fully saturated rings. The minimum atomic E-state index is -0.451. The number of benzene rings is 3. The third-order valence-electron chi connectivity index (χ3n) is 4.52. The Balaban J connectivity index is 1.47. The van der Waals surface area contributed by atoms with Crippen LogP contribution in [0.3, 0.4) is 0 Å². The van der Waals surface area contributed by atoms with Crippen molar-refractivity contribution in [2.24, 2.45) is 0 Å². The van der Waals surface area contributed by atoms with Gasteiger partial charge in [-0.2, -0.15) is 0 Å². The highest BCUT2D eigenvalue weighted by molar-refractivity contribution is 8.19. The second-order valence-electron chi connectivity index (χ2n) is 6.64. The summed E-state index contributed by atoms with van der Waals surface area (Å²) in [6.07, 6.45) is 1.66. The lowest BCUT2D eigenvalue weighted by atomic mass is 10.2. The fraction of sp³-hybridized carbons (Fsp3) is 0.0435. The van der Waals surface area contributed by atoms with Gasteiger partial charge in [0, 0.05) is 12.1 Å². The molecule has 0 radical (unpaired) electrons. The van der Waals surface area contributed by atoms with Gasteiger partial charge in [-0.1, -0.05) is 30.3 Å². The highest BCUT2D eigenvalue weighted by Gasteiger charge is 2.36. The topological polar surface area (TPSA) is 89.7 Å². The molecule has 0 atom stereocenters. The van der Waals surface area contributed by atoms with Crippen LogP contribution in [0.4, 0.5) is 16.2 Å². The van der Waals surface area contributed by atoms with Crippen LogP contribution in [-0.4, -0.2) is 16.1 Å².